The van der Waals surface area contributed by atoms with Crippen molar-refractivity contribution >= 4 is 16.7 Å². The van der Waals surface area contributed by atoms with Crippen LogP contribution < -0.4 is 4.74 Å². The second-order valence-corrected chi connectivity index (χ2v) is 6.16. The first-order valence-electron chi connectivity index (χ1n) is 8.00. The molecule has 0 unspecified atom stereocenters. The molecule has 24 heavy (non-hydrogen) atoms. The lowest BCUT2D eigenvalue weighted by atomic mass is 10.1. The summed E-state index contributed by atoms with van der Waals surface area (Å²) in [6.07, 6.45) is 1.80. The molecule has 2 aromatic carbocycles. The van der Waals surface area contributed by atoms with Gasteiger partial charge < -0.3 is 9.72 Å². The fraction of sp³-hybridized carbons (Fsp3) is 0.250. The number of likely N-dealkylation sites (N-methyl/N-ethyl adjacent to an activating group) is 1. The summed E-state index contributed by atoms with van der Waals surface area (Å²) >= 11 is 0. The van der Waals surface area contributed by atoms with Crippen molar-refractivity contribution in [2.24, 2.45) is 0 Å². The minimum absolute atomic E-state index is 0.113. The molecule has 4 nitrogen and oxygen atoms in total. The van der Waals surface area contributed by atoms with E-state index in [1.807, 2.05) is 48.3 Å². The fourth-order valence-corrected chi connectivity index (χ4v) is 3.01. The summed E-state index contributed by atoms with van der Waals surface area (Å²) in [5.41, 5.74) is 4.01. The molecular weight excluding hydrogens is 300 g/mol. The summed E-state index contributed by atoms with van der Waals surface area (Å²) in [6, 6.07) is 14.0. The Hall–Kier alpha value is -2.59. The van der Waals surface area contributed by atoms with Crippen molar-refractivity contribution in [1.29, 1.82) is 0 Å². The number of carbonyl (C=O) groups excluding carboxylic acids is 1. The van der Waals surface area contributed by atoms with Gasteiger partial charge in [0.15, 0.2) is 5.78 Å². The van der Waals surface area contributed by atoms with Gasteiger partial charge in [-0.05, 0) is 26.1 Å². The van der Waals surface area contributed by atoms with Gasteiger partial charge in [0, 0.05) is 34.8 Å². The van der Waals surface area contributed by atoms with Crippen molar-refractivity contribution in [2.75, 3.05) is 20.7 Å². The minimum atomic E-state index is 0.113. The van der Waals surface area contributed by atoms with Crippen LogP contribution in [-0.4, -0.2) is 36.4 Å². The maximum atomic E-state index is 12.6. The van der Waals surface area contributed by atoms with E-state index in [9.17, 15) is 4.79 Å². The summed E-state index contributed by atoms with van der Waals surface area (Å²) in [5.74, 6) is 0.966. The van der Waals surface area contributed by atoms with Gasteiger partial charge in [0.2, 0.25) is 0 Å². The summed E-state index contributed by atoms with van der Waals surface area (Å²) in [5, 5.41) is 0.976. The van der Waals surface area contributed by atoms with Gasteiger partial charge in [-0.3, -0.25) is 9.69 Å². The lowest BCUT2D eigenvalue weighted by Gasteiger charge is -2.18. The highest BCUT2D eigenvalue weighted by molar-refractivity contribution is 6.08. The zero-order valence-electron chi connectivity index (χ0n) is 14.3. The Balaban J connectivity index is 1.74. The van der Waals surface area contributed by atoms with Crippen LogP contribution in [0.15, 0.2) is 48.7 Å². The molecular formula is C20H22N2O2. The number of fused-ring (bicyclic) bond motifs is 1. The number of aromatic nitrogens is 1. The number of rotatable bonds is 6. The minimum Gasteiger partial charge on any atom is -0.496 e. The van der Waals surface area contributed by atoms with Crippen molar-refractivity contribution in [3.63, 3.8) is 0 Å². The van der Waals surface area contributed by atoms with Crippen LogP contribution in [0.2, 0.25) is 0 Å². The lowest BCUT2D eigenvalue weighted by molar-refractivity contribution is 0.0944. The van der Waals surface area contributed by atoms with Gasteiger partial charge in [-0.1, -0.05) is 35.9 Å². The van der Waals surface area contributed by atoms with Crippen LogP contribution in [0.5, 0.6) is 5.75 Å². The summed E-state index contributed by atoms with van der Waals surface area (Å²) in [6.45, 7) is 3.08. The highest BCUT2D eigenvalue weighted by Gasteiger charge is 2.15. The number of benzene rings is 2. The number of aryl methyl sites for hydroxylation is 1. The Morgan fingerprint density at radius 2 is 2.00 bits per heavy atom. The number of carbonyl (C=O) groups is 1. The number of hydrogen-bond donors (Lipinski definition) is 1. The van der Waals surface area contributed by atoms with Gasteiger partial charge in [0.1, 0.15) is 5.75 Å². The molecule has 4 heteroatoms. The number of aromatic amines is 1. The van der Waals surface area contributed by atoms with Crippen molar-refractivity contribution in [3.05, 3.63) is 65.4 Å². The van der Waals surface area contributed by atoms with E-state index in [1.165, 1.54) is 5.56 Å². The zero-order valence-corrected chi connectivity index (χ0v) is 14.3. The van der Waals surface area contributed by atoms with Crippen LogP contribution in [0, 0.1) is 6.92 Å². The van der Waals surface area contributed by atoms with E-state index in [2.05, 4.69) is 18.0 Å². The predicted octanol–water partition coefficient (Wildman–Crippen LogP) is 3.80. The number of Topliss-reactive ketones (excluding diaryl/α,β-unsaturated/α-hetero) is 1. The number of H-pyrrole nitrogens is 1. The first-order chi connectivity index (χ1) is 11.6. The average Bonchev–Trinajstić information content (AvgIpc) is 2.99. The van der Waals surface area contributed by atoms with E-state index >= 15 is 0 Å². The standard InChI is InChI=1S/C20H22N2O2/c1-14-8-9-20(24-3)15(10-14)12-22(2)13-19(23)17-11-21-18-7-5-4-6-16(17)18/h4-11,21H,12-13H2,1-3H3. The molecule has 1 N–H and O–H groups in total. The van der Waals surface area contributed by atoms with Crippen LogP contribution in [0.25, 0.3) is 10.9 Å². The number of hydrogen-bond acceptors (Lipinski definition) is 3. The Morgan fingerprint density at radius 1 is 1.21 bits per heavy atom. The topological polar surface area (TPSA) is 45.3 Å². The third kappa shape index (κ3) is 3.34. The summed E-state index contributed by atoms with van der Waals surface area (Å²) in [7, 11) is 3.62. The fourth-order valence-electron chi connectivity index (χ4n) is 3.01. The molecule has 0 aliphatic heterocycles. The van der Waals surface area contributed by atoms with Gasteiger partial charge in [0.25, 0.3) is 0 Å². The van der Waals surface area contributed by atoms with E-state index < -0.39 is 0 Å². The molecule has 0 spiro atoms. The van der Waals surface area contributed by atoms with E-state index in [0.717, 1.165) is 27.8 Å². The normalized spacial score (nSPS) is 11.2. The van der Waals surface area contributed by atoms with Gasteiger partial charge >= 0.3 is 0 Å². The molecule has 3 rings (SSSR count). The molecule has 124 valence electrons. The number of ether oxygens (including phenoxy) is 1. The zero-order chi connectivity index (χ0) is 17.1. The van der Waals surface area contributed by atoms with Crippen molar-refractivity contribution in [3.8, 4) is 5.75 Å². The second-order valence-electron chi connectivity index (χ2n) is 6.16. The Bertz CT molecular complexity index is 867. The second kappa shape index (κ2) is 6.89. The molecule has 0 amide bonds. The van der Waals surface area contributed by atoms with Crippen molar-refractivity contribution in [1.82, 2.24) is 9.88 Å². The SMILES string of the molecule is COc1ccc(C)cc1CN(C)CC(=O)c1c[nH]c2ccccc12. The Labute approximate surface area is 142 Å². The number of para-hydroxylation sites is 1. The number of nitrogens with one attached hydrogen (secondary N) is 1. The summed E-state index contributed by atoms with van der Waals surface area (Å²) < 4.78 is 5.42. The molecule has 1 aromatic heterocycles. The predicted molar refractivity (Wildman–Crippen MR) is 96.7 cm³/mol. The first kappa shape index (κ1) is 16.3. The molecule has 0 fully saturated rings. The molecule has 0 saturated carbocycles. The van der Waals surface area contributed by atoms with Crippen LogP contribution in [0.3, 0.4) is 0 Å². The van der Waals surface area contributed by atoms with Gasteiger partial charge in [-0.25, -0.2) is 0 Å². The first-order valence-corrected chi connectivity index (χ1v) is 8.00. The van der Waals surface area contributed by atoms with Gasteiger partial charge in [-0.2, -0.15) is 0 Å². The smallest absolute Gasteiger partial charge is 0.178 e. The maximum Gasteiger partial charge on any atom is 0.178 e. The monoisotopic (exact) mass is 322 g/mol. The number of ketones is 1. The maximum absolute atomic E-state index is 12.6. The van der Waals surface area contributed by atoms with Crippen LogP contribution >= 0.6 is 0 Å². The van der Waals surface area contributed by atoms with Gasteiger partial charge in [-0.15, -0.1) is 0 Å². The van der Waals surface area contributed by atoms with E-state index in [4.69, 9.17) is 4.74 Å². The van der Waals surface area contributed by atoms with Gasteiger partial charge in [0.05, 0.1) is 13.7 Å². The molecule has 0 atom stereocenters. The molecule has 0 aliphatic carbocycles. The lowest BCUT2D eigenvalue weighted by Crippen LogP contribution is -2.25. The molecule has 0 aliphatic rings. The largest absolute Gasteiger partial charge is 0.496 e. The van der Waals surface area contributed by atoms with Crippen molar-refractivity contribution < 1.29 is 9.53 Å². The summed E-state index contributed by atoms with van der Waals surface area (Å²) in [4.78, 5) is 17.8. The van der Waals surface area contributed by atoms with E-state index in [0.29, 0.717) is 13.1 Å². The van der Waals surface area contributed by atoms with E-state index in [1.54, 1.807) is 13.3 Å². The molecule has 0 bridgehead atoms. The third-order valence-corrected chi connectivity index (χ3v) is 4.18. The van der Waals surface area contributed by atoms with Crippen LogP contribution in [0.4, 0.5) is 0 Å². The number of nitrogens with zero attached hydrogens (tertiary/aromatic N) is 1. The third-order valence-electron chi connectivity index (χ3n) is 4.18. The van der Waals surface area contributed by atoms with Crippen LogP contribution in [-0.2, 0) is 6.54 Å². The van der Waals surface area contributed by atoms with Crippen LogP contribution in [0.1, 0.15) is 21.5 Å². The number of methoxy groups -OCH3 is 1. The molecule has 0 radical (unpaired) electrons. The Kier molecular flexibility index (Phi) is 4.67. The highest BCUT2D eigenvalue weighted by Crippen LogP contribution is 2.22. The Morgan fingerprint density at radius 3 is 2.79 bits per heavy atom. The average molecular weight is 322 g/mol. The van der Waals surface area contributed by atoms with E-state index in [-0.39, 0.29) is 5.78 Å². The molecule has 1 heterocycles. The van der Waals surface area contributed by atoms with Crippen molar-refractivity contribution in [2.45, 2.75) is 13.5 Å². The quantitative estimate of drug-likeness (QED) is 0.702. The molecule has 3 aromatic rings. The molecule has 0 saturated heterocycles. The highest BCUT2D eigenvalue weighted by atomic mass is 16.5.